The van der Waals surface area contributed by atoms with Gasteiger partial charge in [-0.15, -0.1) is 0 Å². The van der Waals surface area contributed by atoms with Crippen LogP contribution in [-0.2, 0) is 28.6 Å². The van der Waals surface area contributed by atoms with Gasteiger partial charge in [-0.3, -0.25) is 4.79 Å². The van der Waals surface area contributed by atoms with Crippen LogP contribution in [0.15, 0.2) is 63.9 Å². The fraction of sp³-hybridized carbons (Fsp3) is 0.676. The van der Waals surface area contributed by atoms with Crippen LogP contribution in [0.5, 0.6) is 0 Å². The first-order valence-electron chi connectivity index (χ1n) is 16.8. The highest BCUT2D eigenvalue weighted by atomic mass is 16.7. The van der Waals surface area contributed by atoms with E-state index < -0.39 is 41.6 Å². The Bertz CT molecular complexity index is 1340. The van der Waals surface area contributed by atoms with Gasteiger partial charge in [0.25, 0.3) is 0 Å². The first kappa shape index (κ1) is 34.8. The lowest BCUT2D eigenvalue weighted by Gasteiger charge is -2.50. The van der Waals surface area contributed by atoms with E-state index in [2.05, 4.69) is 64.9 Å². The van der Waals surface area contributed by atoms with E-state index in [1.54, 1.807) is 20.1 Å². The summed E-state index contributed by atoms with van der Waals surface area (Å²) < 4.78 is 26.0. The quantitative estimate of drug-likeness (QED) is 0.229. The van der Waals surface area contributed by atoms with Crippen molar-refractivity contribution in [3.63, 3.8) is 0 Å². The molecule has 5 aliphatic rings. The topological polar surface area (TPSA) is 116 Å². The number of rotatable bonds is 3. The molecule has 9 heteroatoms. The van der Waals surface area contributed by atoms with Crippen molar-refractivity contribution in [1.82, 2.24) is 0 Å². The van der Waals surface area contributed by atoms with Crippen LogP contribution in [0.4, 0.5) is 0 Å². The number of fused-ring (bicyclic) bond motifs is 2. The minimum Gasteiger partial charge on any atom is -0.462 e. The average molecular weight is 640 g/mol. The lowest BCUT2D eigenvalue weighted by molar-refractivity contribution is -0.313. The Hall–Kier alpha value is -2.56. The van der Waals surface area contributed by atoms with Gasteiger partial charge in [-0.1, -0.05) is 74.9 Å². The summed E-state index contributed by atoms with van der Waals surface area (Å²) in [7, 11) is 1.55. The third-order valence-electron chi connectivity index (χ3n) is 10.1. The molecule has 0 radical (unpaired) electrons. The number of hydrogen-bond acceptors (Lipinski definition) is 9. The fourth-order valence-electron chi connectivity index (χ4n) is 7.94. The first-order chi connectivity index (χ1) is 21.8. The van der Waals surface area contributed by atoms with Gasteiger partial charge >= 0.3 is 5.97 Å². The minimum atomic E-state index is -1.74. The molecular weight excluding hydrogens is 586 g/mol. The molecule has 3 saturated heterocycles. The summed E-state index contributed by atoms with van der Waals surface area (Å²) in [6, 6.07) is 0. The lowest BCUT2D eigenvalue weighted by Crippen LogP contribution is -2.59. The Morgan fingerprint density at radius 2 is 1.96 bits per heavy atom. The normalized spacial score (nSPS) is 44.5. The Kier molecular flexibility index (Phi) is 10.5. The predicted molar refractivity (Wildman–Crippen MR) is 176 cm³/mol. The summed E-state index contributed by atoms with van der Waals surface area (Å²) >= 11 is 0. The summed E-state index contributed by atoms with van der Waals surface area (Å²) in [5.74, 6) is -2.15. The van der Waals surface area contributed by atoms with E-state index in [-0.39, 0.29) is 30.7 Å². The number of carbonyl (C=O) groups is 1. The molecule has 0 saturated carbocycles. The van der Waals surface area contributed by atoms with Crippen molar-refractivity contribution in [3.8, 4) is 0 Å². The summed E-state index contributed by atoms with van der Waals surface area (Å²) in [5, 5.41) is 27.6. The van der Waals surface area contributed by atoms with Crippen molar-refractivity contribution in [2.45, 2.75) is 122 Å². The van der Waals surface area contributed by atoms with Gasteiger partial charge in [0.2, 0.25) is 0 Å². The van der Waals surface area contributed by atoms with Gasteiger partial charge in [0.05, 0.1) is 24.5 Å². The van der Waals surface area contributed by atoms with E-state index in [4.69, 9.17) is 23.8 Å². The van der Waals surface area contributed by atoms with Crippen LogP contribution in [0.3, 0.4) is 0 Å². The van der Waals surface area contributed by atoms with E-state index >= 15 is 0 Å². The number of carbonyl (C=O) groups excluding carboxylic acids is 1. The van der Waals surface area contributed by atoms with E-state index in [0.29, 0.717) is 42.7 Å². The van der Waals surface area contributed by atoms with Crippen molar-refractivity contribution < 1.29 is 38.8 Å². The molecule has 254 valence electrons. The molecule has 3 fully saturated rings. The van der Waals surface area contributed by atoms with E-state index in [0.717, 1.165) is 17.7 Å². The van der Waals surface area contributed by atoms with Gasteiger partial charge in [-0.2, -0.15) is 0 Å². The van der Waals surface area contributed by atoms with Crippen LogP contribution < -0.4 is 0 Å². The van der Waals surface area contributed by atoms with Gasteiger partial charge in [0, 0.05) is 25.2 Å². The van der Waals surface area contributed by atoms with E-state index in [1.165, 1.54) is 5.57 Å². The third kappa shape index (κ3) is 6.99. The maximum absolute atomic E-state index is 14.2. The van der Waals surface area contributed by atoms with Gasteiger partial charge in [-0.05, 0) is 62.2 Å². The molecule has 46 heavy (non-hydrogen) atoms. The molecule has 4 aliphatic heterocycles. The van der Waals surface area contributed by atoms with E-state index in [9.17, 15) is 15.0 Å². The molecule has 1 unspecified atom stereocenters. The molecule has 1 spiro atoms. The lowest BCUT2D eigenvalue weighted by atomic mass is 9.71. The maximum atomic E-state index is 14.2. The Morgan fingerprint density at radius 1 is 1.20 bits per heavy atom. The number of esters is 1. The highest BCUT2D eigenvalue weighted by Crippen LogP contribution is 2.47. The minimum absolute atomic E-state index is 0.0340. The number of allylic oxidation sites excluding steroid dienone is 5. The van der Waals surface area contributed by atoms with Crippen molar-refractivity contribution in [2.75, 3.05) is 13.7 Å². The molecule has 2 N–H and O–H groups in total. The first-order valence-corrected chi connectivity index (χ1v) is 16.8. The van der Waals surface area contributed by atoms with Crippen LogP contribution in [0.2, 0.25) is 0 Å². The molecule has 10 atom stereocenters. The number of aliphatic hydroxyl groups excluding tert-OH is 1. The zero-order valence-electron chi connectivity index (χ0n) is 28.7. The molecule has 0 aromatic rings. The zero-order chi connectivity index (χ0) is 33.4. The van der Waals surface area contributed by atoms with Gasteiger partial charge in [0.15, 0.2) is 5.79 Å². The number of oxime groups is 1. The molecule has 2 bridgehead atoms. The Morgan fingerprint density at radius 3 is 2.67 bits per heavy atom. The van der Waals surface area contributed by atoms with Gasteiger partial charge in [0.1, 0.15) is 36.9 Å². The van der Waals surface area contributed by atoms with Crippen LogP contribution in [0, 0.1) is 23.7 Å². The fourth-order valence-corrected chi connectivity index (χ4v) is 7.94. The summed E-state index contributed by atoms with van der Waals surface area (Å²) in [6.07, 6.45) is 11.4. The molecular formula is C37H53NO8. The van der Waals surface area contributed by atoms with Crippen molar-refractivity contribution in [3.05, 3.63) is 58.7 Å². The summed E-state index contributed by atoms with van der Waals surface area (Å²) in [5.41, 5.74) is 2.54. The van der Waals surface area contributed by atoms with Gasteiger partial charge < -0.3 is 34.0 Å². The Labute approximate surface area is 274 Å². The third-order valence-corrected chi connectivity index (χ3v) is 10.1. The number of aliphatic hydroxyl groups is 2. The average Bonchev–Trinajstić information content (AvgIpc) is 3.31. The maximum Gasteiger partial charge on any atom is 0.316 e. The van der Waals surface area contributed by atoms with Crippen LogP contribution >= 0.6 is 0 Å². The zero-order valence-corrected chi connectivity index (χ0v) is 28.7. The van der Waals surface area contributed by atoms with Crippen molar-refractivity contribution in [2.24, 2.45) is 28.8 Å². The molecule has 4 heterocycles. The summed E-state index contributed by atoms with van der Waals surface area (Å²) in [6.45, 7) is 14.6. The number of hydrogen-bond donors (Lipinski definition) is 2. The molecule has 1 aliphatic carbocycles. The SMILES string of the molecule is CO/N=C1\C[C@]2(C[C@@H]3C[C@@H](C/C=C(\C)C[C@@H](C)/C=C/C=C4\CO[C@@H]5[C@H](O)C(C)=C[C@@H](C(=O)O3)[C@]45O)O2)OC(/C(C)=C/C(C)C)[C@H]1C. The highest BCUT2D eigenvalue weighted by molar-refractivity contribution is 5.88. The second-order valence-corrected chi connectivity index (χ2v) is 14.5. The van der Waals surface area contributed by atoms with Crippen molar-refractivity contribution >= 4 is 11.7 Å². The van der Waals surface area contributed by atoms with E-state index in [1.807, 2.05) is 12.2 Å². The summed E-state index contributed by atoms with van der Waals surface area (Å²) in [4.78, 5) is 19.4. The second-order valence-electron chi connectivity index (χ2n) is 14.5. The standard InChI is InChI=1S/C37H53NO8/c1-21(2)14-25(6)33-26(7)31(38-42-8)19-36(46-33)18-29-17-28(45-36)13-12-23(4)15-22(3)10-9-11-27-20-43-34-32(39)24(5)16-30(35(40)44-29)37(27,34)41/h9-12,14,16,21-22,26,28-30,32-34,39,41H,13,15,17-20H2,1-8H3/b10-9+,23-12+,25-14+,27-11+,38-31+/t22-,26-,28+,29-,30-,32+,33?,34+,36-,37+/m0/s1. The second kappa shape index (κ2) is 13.9. The largest absolute Gasteiger partial charge is 0.462 e. The van der Waals surface area contributed by atoms with Crippen LogP contribution in [0.25, 0.3) is 0 Å². The number of ether oxygens (including phenoxy) is 4. The van der Waals surface area contributed by atoms with Crippen LogP contribution in [0.1, 0.15) is 80.6 Å². The highest BCUT2D eigenvalue weighted by Gasteiger charge is 2.60. The monoisotopic (exact) mass is 639 g/mol. The smallest absolute Gasteiger partial charge is 0.316 e. The molecule has 0 aromatic heterocycles. The number of nitrogens with zero attached hydrogens (tertiary/aromatic N) is 1. The van der Waals surface area contributed by atoms with Crippen molar-refractivity contribution in [1.29, 1.82) is 0 Å². The molecule has 0 amide bonds. The Balaban J connectivity index is 1.55. The van der Waals surface area contributed by atoms with Crippen LogP contribution in [-0.4, -0.2) is 77.5 Å². The molecule has 9 nitrogen and oxygen atoms in total. The molecule has 0 aromatic carbocycles. The van der Waals surface area contributed by atoms with Gasteiger partial charge in [-0.25, -0.2) is 0 Å². The molecule has 5 rings (SSSR count). The predicted octanol–water partition coefficient (Wildman–Crippen LogP) is 5.73.